The minimum absolute atomic E-state index is 0.114. The lowest BCUT2D eigenvalue weighted by molar-refractivity contribution is 0.0531. The second kappa shape index (κ2) is 10.5. The van der Waals surface area contributed by atoms with Crippen LogP contribution in [0, 0.1) is 6.92 Å². The van der Waals surface area contributed by atoms with Gasteiger partial charge in [-0.15, -0.1) is 17.9 Å². The van der Waals surface area contributed by atoms with Crippen LogP contribution in [-0.2, 0) is 11.2 Å². The van der Waals surface area contributed by atoms with Gasteiger partial charge in [0.25, 0.3) is 0 Å². The van der Waals surface area contributed by atoms with E-state index in [0.29, 0.717) is 42.6 Å². The highest BCUT2D eigenvalue weighted by Gasteiger charge is 2.20. The Morgan fingerprint density at radius 2 is 2.37 bits per heavy atom. The third kappa shape index (κ3) is 6.25. The predicted octanol–water partition coefficient (Wildman–Crippen LogP) is 3.25. The van der Waals surface area contributed by atoms with Crippen molar-refractivity contribution in [2.75, 3.05) is 19.7 Å². The average Bonchev–Trinajstić information content (AvgIpc) is 3.29. The number of hydrogen-bond donors (Lipinski definition) is 2. The zero-order chi connectivity index (χ0) is 19.6. The molecule has 0 bridgehead atoms. The van der Waals surface area contributed by atoms with Crippen LogP contribution in [0.1, 0.15) is 46.0 Å². The van der Waals surface area contributed by atoms with Gasteiger partial charge in [0.2, 0.25) is 0 Å². The van der Waals surface area contributed by atoms with E-state index in [1.54, 1.807) is 19.3 Å². The van der Waals surface area contributed by atoms with Crippen LogP contribution < -0.4 is 10.6 Å². The summed E-state index contributed by atoms with van der Waals surface area (Å²) < 4.78 is 10.4. The van der Waals surface area contributed by atoms with E-state index < -0.39 is 0 Å². The minimum Gasteiger partial charge on any atom is -0.469 e. The summed E-state index contributed by atoms with van der Waals surface area (Å²) in [7, 11) is 0. The first-order chi connectivity index (χ1) is 13.0. The number of furan rings is 1. The van der Waals surface area contributed by atoms with Crippen molar-refractivity contribution in [3.63, 3.8) is 0 Å². The summed E-state index contributed by atoms with van der Waals surface area (Å²) in [4.78, 5) is 21.6. The number of aromatic nitrogens is 1. The van der Waals surface area contributed by atoms with Crippen LogP contribution in [0.2, 0.25) is 0 Å². The zero-order valence-electron chi connectivity index (χ0n) is 15.9. The van der Waals surface area contributed by atoms with Crippen molar-refractivity contribution >= 4 is 23.3 Å². The molecule has 0 aliphatic rings. The molecule has 1 atom stereocenters. The molecule has 2 heterocycles. The van der Waals surface area contributed by atoms with Crippen LogP contribution in [0.5, 0.6) is 0 Å². The molecule has 2 aromatic heterocycles. The highest BCUT2D eigenvalue weighted by molar-refractivity contribution is 7.13. The second-order valence-electron chi connectivity index (χ2n) is 5.78. The molecule has 0 aromatic carbocycles. The quantitative estimate of drug-likeness (QED) is 0.296. The van der Waals surface area contributed by atoms with Gasteiger partial charge in [-0.3, -0.25) is 4.99 Å². The van der Waals surface area contributed by atoms with E-state index >= 15 is 0 Å². The van der Waals surface area contributed by atoms with Crippen molar-refractivity contribution in [2.45, 2.75) is 33.2 Å². The van der Waals surface area contributed by atoms with E-state index in [1.165, 1.54) is 11.3 Å². The Bertz CT molecular complexity index is 768. The van der Waals surface area contributed by atoms with Crippen LogP contribution >= 0.6 is 11.3 Å². The van der Waals surface area contributed by atoms with Crippen molar-refractivity contribution in [1.82, 2.24) is 15.6 Å². The number of guanidine groups is 1. The Morgan fingerprint density at radius 3 is 3.04 bits per heavy atom. The number of carbonyl (C=O) groups is 1. The van der Waals surface area contributed by atoms with Gasteiger partial charge in [-0.2, -0.15) is 0 Å². The summed E-state index contributed by atoms with van der Waals surface area (Å²) in [6.07, 6.45) is 4.13. The van der Waals surface area contributed by atoms with Gasteiger partial charge >= 0.3 is 5.97 Å². The molecule has 0 fully saturated rings. The van der Waals surface area contributed by atoms with Crippen molar-refractivity contribution < 1.29 is 13.9 Å². The first kappa shape index (κ1) is 20.7. The number of rotatable bonds is 9. The molecule has 0 amide bonds. The van der Waals surface area contributed by atoms with Gasteiger partial charge in [-0.25, -0.2) is 9.78 Å². The summed E-state index contributed by atoms with van der Waals surface area (Å²) >= 11 is 1.34. The fraction of sp³-hybridized carbons (Fsp3) is 0.421. The monoisotopic (exact) mass is 390 g/mol. The van der Waals surface area contributed by atoms with E-state index in [-0.39, 0.29) is 12.0 Å². The molecule has 8 heteroatoms. The minimum atomic E-state index is -0.330. The standard InChI is InChI=1S/C19H26N4O3S/c1-5-10-20-19(21-11-9-15-8-7-12-26-15)23-14(4)17-22-13(3)16(27-17)18(24)25-6-2/h5,7-8,12,14H,1,6,9-11H2,2-4H3,(H2,20,21,23). The maximum absolute atomic E-state index is 12.0. The van der Waals surface area contributed by atoms with Crippen molar-refractivity contribution in [1.29, 1.82) is 0 Å². The molecule has 2 rings (SSSR count). The number of thiazole rings is 1. The highest BCUT2D eigenvalue weighted by Crippen LogP contribution is 2.24. The first-order valence-electron chi connectivity index (χ1n) is 8.87. The van der Waals surface area contributed by atoms with Crippen molar-refractivity contribution in [2.24, 2.45) is 4.99 Å². The molecule has 0 aliphatic carbocycles. The van der Waals surface area contributed by atoms with Gasteiger partial charge in [-0.1, -0.05) is 6.08 Å². The Balaban J connectivity index is 2.03. The summed E-state index contributed by atoms with van der Waals surface area (Å²) in [6, 6.07) is 3.68. The topological polar surface area (TPSA) is 88.8 Å². The van der Waals surface area contributed by atoms with Crippen LogP contribution in [0.4, 0.5) is 0 Å². The Labute approximate surface area is 163 Å². The number of nitrogens with zero attached hydrogens (tertiary/aromatic N) is 2. The molecule has 7 nitrogen and oxygen atoms in total. The van der Waals surface area contributed by atoms with E-state index in [9.17, 15) is 4.79 Å². The maximum atomic E-state index is 12.0. The van der Waals surface area contributed by atoms with Gasteiger partial charge in [-0.05, 0) is 32.9 Å². The fourth-order valence-electron chi connectivity index (χ4n) is 2.31. The van der Waals surface area contributed by atoms with Gasteiger partial charge in [0, 0.05) is 19.5 Å². The summed E-state index contributed by atoms with van der Waals surface area (Å²) in [5, 5.41) is 7.31. The van der Waals surface area contributed by atoms with Gasteiger partial charge in [0.1, 0.15) is 15.6 Å². The SMILES string of the molecule is C=CCNC(=NCCc1ccco1)NC(C)c1nc(C)c(C(=O)OCC)s1. The molecular formula is C19H26N4O3S. The predicted molar refractivity (Wildman–Crippen MR) is 107 cm³/mol. The number of esters is 1. The molecule has 0 aliphatic heterocycles. The molecule has 0 saturated carbocycles. The molecule has 0 radical (unpaired) electrons. The number of nitrogens with one attached hydrogen (secondary N) is 2. The molecule has 2 N–H and O–H groups in total. The van der Waals surface area contributed by atoms with Gasteiger partial charge < -0.3 is 19.8 Å². The largest absolute Gasteiger partial charge is 0.469 e. The number of carbonyl (C=O) groups excluding carboxylic acids is 1. The van der Waals surface area contributed by atoms with E-state index in [1.807, 2.05) is 26.0 Å². The smallest absolute Gasteiger partial charge is 0.350 e. The fourth-order valence-corrected chi connectivity index (χ4v) is 3.27. The average molecular weight is 391 g/mol. The van der Waals surface area contributed by atoms with Crippen LogP contribution in [0.3, 0.4) is 0 Å². The number of ether oxygens (including phenoxy) is 1. The van der Waals surface area contributed by atoms with E-state index in [0.717, 1.165) is 10.8 Å². The first-order valence-corrected chi connectivity index (χ1v) is 9.69. The summed E-state index contributed by atoms with van der Waals surface area (Å²) in [5.74, 6) is 1.21. The number of aryl methyl sites for hydroxylation is 1. The normalized spacial score (nSPS) is 12.5. The van der Waals surface area contributed by atoms with Crippen LogP contribution in [0.15, 0.2) is 40.5 Å². The lowest BCUT2D eigenvalue weighted by Crippen LogP contribution is -2.39. The molecule has 146 valence electrons. The molecular weight excluding hydrogens is 364 g/mol. The zero-order valence-corrected chi connectivity index (χ0v) is 16.8. The lowest BCUT2D eigenvalue weighted by Gasteiger charge is -2.16. The molecule has 0 saturated heterocycles. The van der Waals surface area contributed by atoms with Crippen LogP contribution in [0.25, 0.3) is 0 Å². The third-order valence-electron chi connectivity index (χ3n) is 3.62. The molecule has 0 spiro atoms. The summed E-state index contributed by atoms with van der Waals surface area (Å²) in [5.41, 5.74) is 0.678. The summed E-state index contributed by atoms with van der Waals surface area (Å²) in [6.45, 7) is 10.8. The maximum Gasteiger partial charge on any atom is 0.350 e. The van der Waals surface area contributed by atoms with Gasteiger partial charge in [0.05, 0.1) is 24.6 Å². The molecule has 27 heavy (non-hydrogen) atoms. The Kier molecular flexibility index (Phi) is 8.06. The van der Waals surface area contributed by atoms with Crippen molar-refractivity contribution in [3.8, 4) is 0 Å². The number of aliphatic imine (C=N–C) groups is 1. The Hall–Kier alpha value is -2.61. The number of hydrogen-bond acceptors (Lipinski definition) is 6. The van der Waals surface area contributed by atoms with Gasteiger partial charge in [0.15, 0.2) is 5.96 Å². The van der Waals surface area contributed by atoms with E-state index in [4.69, 9.17) is 9.15 Å². The lowest BCUT2D eigenvalue weighted by atomic mass is 10.3. The Morgan fingerprint density at radius 1 is 1.56 bits per heavy atom. The van der Waals surface area contributed by atoms with Crippen LogP contribution in [-0.4, -0.2) is 36.6 Å². The molecule has 1 unspecified atom stereocenters. The second-order valence-corrected chi connectivity index (χ2v) is 6.81. The third-order valence-corrected chi connectivity index (χ3v) is 4.94. The highest BCUT2D eigenvalue weighted by atomic mass is 32.1. The van der Waals surface area contributed by atoms with E-state index in [2.05, 4.69) is 27.2 Å². The molecule has 2 aromatic rings. The van der Waals surface area contributed by atoms with Crippen molar-refractivity contribution in [3.05, 3.63) is 52.4 Å².